The Bertz CT molecular complexity index is 484. The van der Waals surface area contributed by atoms with Crippen LogP contribution in [0.3, 0.4) is 0 Å². The molecule has 0 aliphatic heterocycles. The van der Waals surface area contributed by atoms with Crippen molar-refractivity contribution in [1.29, 1.82) is 0 Å². The number of carbonyl (C=O) groups is 2. The molecule has 0 heterocycles. The SMILES string of the molecule is CCOC(=O)CCCNC(=O)/C=C/c1cccc(N)c1. The van der Waals surface area contributed by atoms with Gasteiger partial charge in [-0.1, -0.05) is 12.1 Å². The Morgan fingerprint density at radius 2 is 2.20 bits per heavy atom. The van der Waals surface area contributed by atoms with Crippen LogP contribution in [0, 0.1) is 0 Å². The molecular weight excluding hydrogens is 256 g/mol. The maximum atomic E-state index is 11.5. The van der Waals surface area contributed by atoms with Gasteiger partial charge in [0, 0.05) is 24.7 Å². The van der Waals surface area contributed by atoms with Crippen molar-refractivity contribution < 1.29 is 14.3 Å². The molecule has 0 bridgehead atoms. The molecule has 5 nitrogen and oxygen atoms in total. The zero-order chi connectivity index (χ0) is 14.8. The number of nitrogen functional groups attached to an aromatic ring is 1. The molecule has 1 aromatic rings. The van der Waals surface area contributed by atoms with E-state index in [4.69, 9.17) is 10.5 Å². The third kappa shape index (κ3) is 6.58. The van der Waals surface area contributed by atoms with E-state index in [0.29, 0.717) is 31.7 Å². The molecule has 0 aromatic heterocycles. The molecule has 0 atom stereocenters. The highest BCUT2D eigenvalue weighted by Gasteiger charge is 2.01. The molecular formula is C15H20N2O3. The number of esters is 1. The van der Waals surface area contributed by atoms with Crippen LogP contribution in [-0.4, -0.2) is 25.0 Å². The molecule has 0 aliphatic rings. The second-order valence-electron chi connectivity index (χ2n) is 4.20. The lowest BCUT2D eigenvalue weighted by Gasteiger charge is -2.02. The monoisotopic (exact) mass is 276 g/mol. The third-order valence-electron chi connectivity index (χ3n) is 2.50. The zero-order valence-corrected chi connectivity index (χ0v) is 11.6. The fourth-order valence-corrected chi connectivity index (χ4v) is 1.57. The first kappa shape index (κ1) is 15.8. The molecule has 0 spiro atoms. The molecule has 0 unspecified atom stereocenters. The number of carbonyl (C=O) groups excluding carboxylic acids is 2. The van der Waals surface area contributed by atoms with E-state index in [1.54, 1.807) is 25.1 Å². The van der Waals surface area contributed by atoms with Crippen LogP contribution < -0.4 is 11.1 Å². The van der Waals surface area contributed by atoms with Crippen molar-refractivity contribution in [3.63, 3.8) is 0 Å². The average molecular weight is 276 g/mol. The Morgan fingerprint density at radius 3 is 2.90 bits per heavy atom. The summed E-state index contributed by atoms with van der Waals surface area (Å²) in [6.45, 7) is 2.59. The van der Waals surface area contributed by atoms with E-state index >= 15 is 0 Å². The van der Waals surface area contributed by atoms with Crippen molar-refractivity contribution in [2.45, 2.75) is 19.8 Å². The summed E-state index contributed by atoms with van der Waals surface area (Å²) in [4.78, 5) is 22.6. The molecule has 0 radical (unpaired) electrons. The van der Waals surface area contributed by atoms with Crippen molar-refractivity contribution in [2.75, 3.05) is 18.9 Å². The van der Waals surface area contributed by atoms with Crippen LogP contribution >= 0.6 is 0 Å². The van der Waals surface area contributed by atoms with Crippen LogP contribution in [0.2, 0.25) is 0 Å². The van der Waals surface area contributed by atoms with E-state index in [0.717, 1.165) is 5.56 Å². The lowest BCUT2D eigenvalue weighted by Crippen LogP contribution is -2.22. The summed E-state index contributed by atoms with van der Waals surface area (Å²) in [6.07, 6.45) is 4.01. The first-order chi connectivity index (χ1) is 9.61. The minimum absolute atomic E-state index is 0.198. The maximum absolute atomic E-state index is 11.5. The van der Waals surface area contributed by atoms with Crippen LogP contribution in [0.4, 0.5) is 5.69 Å². The molecule has 20 heavy (non-hydrogen) atoms. The smallest absolute Gasteiger partial charge is 0.305 e. The van der Waals surface area contributed by atoms with Gasteiger partial charge in [-0.2, -0.15) is 0 Å². The minimum atomic E-state index is -0.239. The molecule has 1 amide bonds. The van der Waals surface area contributed by atoms with Gasteiger partial charge in [0.2, 0.25) is 5.91 Å². The van der Waals surface area contributed by atoms with Crippen molar-refractivity contribution in [1.82, 2.24) is 5.32 Å². The van der Waals surface area contributed by atoms with Crippen LogP contribution in [0.1, 0.15) is 25.3 Å². The number of rotatable bonds is 7. The first-order valence-electron chi connectivity index (χ1n) is 6.59. The van der Waals surface area contributed by atoms with Gasteiger partial charge >= 0.3 is 5.97 Å². The summed E-state index contributed by atoms with van der Waals surface area (Å²) in [5, 5.41) is 2.70. The molecule has 1 aromatic carbocycles. The van der Waals surface area contributed by atoms with Gasteiger partial charge in [-0.3, -0.25) is 9.59 Å². The lowest BCUT2D eigenvalue weighted by atomic mass is 10.2. The molecule has 0 saturated heterocycles. The van der Waals surface area contributed by atoms with Crippen molar-refractivity contribution >= 4 is 23.6 Å². The topological polar surface area (TPSA) is 81.4 Å². The van der Waals surface area contributed by atoms with Crippen molar-refractivity contribution in [2.24, 2.45) is 0 Å². The van der Waals surface area contributed by atoms with Gasteiger partial charge in [0.15, 0.2) is 0 Å². The summed E-state index contributed by atoms with van der Waals surface area (Å²) >= 11 is 0. The second-order valence-corrected chi connectivity index (χ2v) is 4.20. The molecule has 0 saturated carbocycles. The Labute approximate surface area is 118 Å². The molecule has 108 valence electrons. The number of anilines is 1. The number of nitrogens with one attached hydrogen (secondary N) is 1. The normalized spacial score (nSPS) is 10.4. The average Bonchev–Trinajstić information content (AvgIpc) is 2.42. The molecule has 3 N–H and O–H groups in total. The van der Waals surface area contributed by atoms with E-state index in [1.807, 2.05) is 12.1 Å². The first-order valence-corrected chi connectivity index (χ1v) is 6.59. The van der Waals surface area contributed by atoms with Gasteiger partial charge in [-0.15, -0.1) is 0 Å². The van der Waals surface area contributed by atoms with Gasteiger partial charge < -0.3 is 15.8 Å². The van der Waals surface area contributed by atoms with Crippen molar-refractivity contribution in [3.8, 4) is 0 Å². The minimum Gasteiger partial charge on any atom is -0.466 e. The second kappa shape index (κ2) is 8.74. The predicted molar refractivity (Wildman–Crippen MR) is 78.8 cm³/mol. The summed E-state index contributed by atoms with van der Waals surface area (Å²) in [6, 6.07) is 7.25. The molecule has 0 aliphatic carbocycles. The number of benzene rings is 1. The van der Waals surface area contributed by atoms with E-state index in [1.165, 1.54) is 6.08 Å². The van der Waals surface area contributed by atoms with E-state index in [-0.39, 0.29) is 11.9 Å². The fourth-order valence-electron chi connectivity index (χ4n) is 1.57. The number of hydrogen-bond donors (Lipinski definition) is 2. The highest BCUT2D eigenvalue weighted by atomic mass is 16.5. The molecule has 1 rings (SSSR count). The van der Waals surface area contributed by atoms with E-state index in [2.05, 4.69) is 5.32 Å². The summed E-state index contributed by atoms with van der Waals surface area (Å²) in [5.74, 6) is -0.437. The van der Waals surface area contributed by atoms with Gasteiger partial charge in [0.1, 0.15) is 0 Å². The van der Waals surface area contributed by atoms with Crippen LogP contribution in [0.15, 0.2) is 30.3 Å². The fraction of sp³-hybridized carbons (Fsp3) is 0.333. The zero-order valence-electron chi connectivity index (χ0n) is 11.6. The number of amides is 1. The maximum Gasteiger partial charge on any atom is 0.305 e. The van der Waals surface area contributed by atoms with Crippen LogP contribution in [0.25, 0.3) is 6.08 Å². The Morgan fingerprint density at radius 1 is 1.40 bits per heavy atom. The Kier molecular flexibility index (Phi) is 6.89. The standard InChI is InChI=1S/C15H20N2O3/c1-2-20-15(19)7-4-10-17-14(18)9-8-12-5-3-6-13(16)11-12/h3,5-6,8-9,11H,2,4,7,10,16H2,1H3,(H,17,18)/b9-8+. The van der Waals surface area contributed by atoms with Gasteiger partial charge in [0.05, 0.1) is 6.61 Å². The predicted octanol–water partition coefficient (Wildman–Crippen LogP) is 1.74. The highest BCUT2D eigenvalue weighted by Crippen LogP contribution is 2.07. The lowest BCUT2D eigenvalue weighted by molar-refractivity contribution is -0.143. The molecule has 0 fully saturated rings. The van der Waals surface area contributed by atoms with Gasteiger partial charge in [-0.25, -0.2) is 0 Å². The Balaban J connectivity index is 2.25. The highest BCUT2D eigenvalue weighted by molar-refractivity contribution is 5.91. The number of nitrogens with two attached hydrogens (primary N) is 1. The van der Waals surface area contributed by atoms with Gasteiger partial charge in [-0.05, 0) is 37.1 Å². The quantitative estimate of drug-likeness (QED) is 0.344. The van der Waals surface area contributed by atoms with Crippen molar-refractivity contribution in [3.05, 3.63) is 35.9 Å². The van der Waals surface area contributed by atoms with Gasteiger partial charge in [0.25, 0.3) is 0 Å². The number of hydrogen-bond acceptors (Lipinski definition) is 4. The number of ether oxygens (including phenoxy) is 1. The molecule has 5 heteroatoms. The third-order valence-corrected chi connectivity index (χ3v) is 2.50. The van der Waals surface area contributed by atoms with Crippen LogP contribution in [0.5, 0.6) is 0 Å². The van der Waals surface area contributed by atoms with Crippen LogP contribution in [-0.2, 0) is 14.3 Å². The Hall–Kier alpha value is -2.30. The largest absolute Gasteiger partial charge is 0.466 e. The summed E-state index contributed by atoms with van der Waals surface area (Å²) in [5.41, 5.74) is 7.16. The van der Waals surface area contributed by atoms with E-state index in [9.17, 15) is 9.59 Å². The summed E-state index contributed by atoms with van der Waals surface area (Å²) in [7, 11) is 0. The van der Waals surface area contributed by atoms with E-state index < -0.39 is 0 Å². The summed E-state index contributed by atoms with van der Waals surface area (Å²) < 4.78 is 4.79.